The summed E-state index contributed by atoms with van der Waals surface area (Å²) in [7, 11) is 0. The molecule has 3 nitrogen and oxygen atoms in total. The largest absolute Gasteiger partial charge is 0.394 e. The maximum Gasteiger partial charge on any atom is 0.0793 e. The molecule has 0 aromatic heterocycles. The molecule has 0 fully saturated rings. The minimum absolute atomic E-state index is 0.0741. The summed E-state index contributed by atoms with van der Waals surface area (Å²) in [5.41, 5.74) is 0. The van der Waals surface area contributed by atoms with Crippen molar-refractivity contribution in [1.29, 1.82) is 0 Å². The van der Waals surface area contributed by atoms with Crippen LogP contribution in [0, 0.1) is 11.8 Å². The van der Waals surface area contributed by atoms with E-state index in [0.717, 1.165) is 12.8 Å². The maximum absolute atomic E-state index is 9.03. The van der Waals surface area contributed by atoms with Crippen molar-refractivity contribution < 1.29 is 15.3 Å². The van der Waals surface area contributed by atoms with Crippen LogP contribution in [0.2, 0.25) is 0 Å². The quantitative estimate of drug-likeness (QED) is 0.662. The minimum atomic E-state index is -0.542. The van der Waals surface area contributed by atoms with E-state index in [1.807, 2.05) is 20.8 Å². The standard InChI is InChI=1S/C7H16O.C5H12O2/c1-4-7(8)5-6(2)3;1-4(2)5(7)3-6/h6-8H,4-5H2,1-3H3;4-7H,3H2,1-2H3/t7-;5-/m10/s1. The van der Waals surface area contributed by atoms with Gasteiger partial charge in [0.05, 0.1) is 18.8 Å². The van der Waals surface area contributed by atoms with Crippen LogP contribution < -0.4 is 0 Å². The van der Waals surface area contributed by atoms with Crippen molar-refractivity contribution in [3.8, 4) is 0 Å². The molecule has 3 heteroatoms. The predicted octanol–water partition coefficient (Wildman–Crippen LogP) is 1.80. The van der Waals surface area contributed by atoms with Crippen LogP contribution in [-0.2, 0) is 0 Å². The molecular weight excluding hydrogens is 192 g/mol. The predicted molar refractivity (Wildman–Crippen MR) is 63.7 cm³/mol. The van der Waals surface area contributed by atoms with Gasteiger partial charge in [-0.1, -0.05) is 34.6 Å². The Kier molecular flexibility index (Phi) is 12.0. The lowest BCUT2D eigenvalue weighted by Crippen LogP contribution is -2.18. The third kappa shape index (κ3) is 13.9. The highest BCUT2D eigenvalue weighted by Crippen LogP contribution is 2.05. The monoisotopic (exact) mass is 220 g/mol. The van der Waals surface area contributed by atoms with Crippen LogP contribution in [0.1, 0.15) is 47.5 Å². The molecule has 0 spiro atoms. The Bertz CT molecular complexity index is 124. The molecule has 0 bridgehead atoms. The third-order valence-electron chi connectivity index (χ3n) is 2.17. The molecule has 0 radical (unpaired) electrons. The van der Waals surface area contributed by atoms with Crippen LogP contribution in [0.25, 0.3) is 0 Å². The van der Waals surface area contributed by atoms with E-state index < -0.39 is 6.10 Å². The average molecular weight is 220 g/mol. The van der Waals surface area contributed by atoms with Gasteiger partial charge in [-0.2, -0.15) is 0 Å². The fraction of sp³-hybridized carbons (Fsp3) is 1.00. The van der Waals surface area contributed by atoms with Crippen LogP contribution in [0.5, 0.6) is 0 Å². The van der Waals surface area contributed by atoms with Crippen molar-refractivity contribution in [2.75, 3.05) is 6.61 Å². The average Bonchev–Trinajstić information content (AvgIpc) is 2.16. The first-order valence-corrected chi connectivity index (χ1v) is 5.82. The highest BCUT2D eigenvalue weighted by Gasteiger charge is 2.04. The lowest BCUT2D eigenvalue weighted by Gasteiger charge is -2.08. The maximum atomic E-state index is 9.03. The van der Waals surface area contributed by atoms with Gasteiger partial charge in [0, 0.05) is 0 Å². The van der Waals surface area contributed by atoms with Crippen LogP contribution in [0.3, 0.4) is 0 Å². The Morgan fingerprint density at radius 3 is 1.53 bits per heavy atom. The Morgan fingerprint density at radius 2 is 1.47 bits per heavy atom. The summed E-state index contributed by atoms with van der Waals surface area (Å²) in [6, 6.07) is 0. The fourth-order valence-corrected chi connectivity index (χ4v) is 0.922. The summed E-state index contributed by atoms with van der Waals surface area (Å²) >= 11 is 0. The zero-order valence-electron chi connectivity index (χ0n) is 10.8. The molecule has 0 saturated heterocycles. The van der Waals surface area contributed by atoms with Gasteiger partial charge in [0.1, 0.15) is 0 Å². The summed E-state index contributed by atoms with van der Waals surface area (Å²) in [4.78, 5) is 0. The van der Waals surface area contributed by atoms with E-state index in [0.29, 0.717) is 5.92 Å². The Labute approximate surface area is 94.1 Å². The van der Waals surface area contributed by atoms with Crippen molar-refractivity contribution in [3.05, 3.63) is 0 Å². The molecule has 94 valence electrons. The van der Waals surface area contributed by atoms with Crippen molar-refractivity contribution in [3.63, 3.8) is 0 Å². The molecule has 0 saturated carbocycles. The summed E-state index contributed by atoms with van der Waals surface area (Å²) in [5.74, 6) is 0.801. The SMILES string of the molecule is CC(C)[C@@H](O)CO.CC[C@@H](O)CC(C)C. The first-order chi connectivity index (χ1) is 6.84. The summed E-state index contributed by atoms with van der Waals surface area (Å²) in [6.07, 6.45) is 1.21. The molecule has 2 atom stereocenters. The van der Waals surface area contributed by atoms with E-state index in [2.05, 4.69) is 13.8 Å². The molecule has 0 amide bonds. The summed E-state index contributed by atoms with van der Waals surface area (Å²) < 4.78 is 0. The van der Waals surface area contributed by atoms with Gasteiger partial charge >= 0.3 is 0 Å². The lowest BCUT2D eigenvalue weighted by atomic mass is 10.0. The molecule has 0 aromatic rings. The number of hydrogen-bond acceptors (Lipinski definition) is 3. The summed E-state index contributed by atoms with van der Waals surface area (Å²) in [6.45, 7) is 9.85. The Morgan fingerprint density at radius 1 is 1.00 bits per heavy atom. The highest BCUT2D eigenvalue weighted by atomic mass is 16.3. The van der Waals surface area contributed by atoms with Gasteiger partial charge in [0.25, 0.3) is 0 Å². The van der Waals surface area contributed by atoms with Crippen LogP contribution in [-0.4, -0.2) is 34.1 Å². The number of hydrogen-bond donors (Lipinski definition) is 3. The van der Waals surface area contributed by atoms with E-state index in [4.69, 9.17) is 15.3 Å². The molecule has 0 aliphatic carbocycles. The zero-order chi connectivity index (χ0) is 12.4. The fourth-order valence-electron chi connectivity index (χ4n) is 0.922. The van der Waals surface area contributed by atoms with E-state index in [-0.39, 0.29) is 18.6 Å². The van der Waals surface area contributed by atoms with Gasteiger partial charge in [-0.05, 0) is 24.7 Å². The van der Waals surface area contributed by atoms with E-state index in [1.165, 1.54) is 0 Å². The van der Waals surface area contributed by atoms with Gasteiger partial charge in [0.2, 0.25) is 0 Å². The summed E-state index contributed by atoms with van der Waals surface area (Å²) in [5, 5.41) is 26.0. The van der Waals surface area contributed by atoms with E-state index in [1.54, 1.807) is 0 Å². The molecule has 0 unspecified atom stereocenters. The number of rotatable bonds is 5. The first-order valence-electron chi connectivity index (χ1n) is 5.82. The van der Waals surface area contributed by atoms with Gasteiger partial charge in [-0.3, -0.25) is 0 Å². The van der Waals surface area contributed by atoms with Crippen LogP contribution >= 0.6 is 0 Å². The van der Waals surface area contributed by atoms with Gasteiger partial charge < -0.3 is 15.3 Å². The van der Waals surface area contributed by atoms with Crippen molar-refractivity contribution in [2.24, 2.45) is 11.8 Å². The second kappa shape index (κ2) is 10.4. The van der Waals surface area contributed by atoms with E-state index in [9.17, 15) is 0 Å². The smallest absolute Gasteiger partial charge is 0.0793 e. The third-order valence-corrected chi connectivity index (χ3v) is 2.17. The molecule has 3 N–H and O–H groups in total. The molecule has 0 aromatic carbocycles. The minimum Gasteiger partial charge on any atom is -0.394 e. The molecule has 0 heterocycles. The molecule has 0 rings (SSSR count). The topological polar surface area (TPSA) is 60.7 Å². The molecule has 15 heavy (non-hydrogen) atoms. The molecular formula is C12H28O3. The van der Waals surface area contributed by atoms with Crippen LogP contribution in [0.15, 0.2) is 0 Å². The number of aliphatic hydroxyl groups is 3. The Balaban J connectivity index is 0. The van der Waals surface area contributed by atoms with Crippen molar-refractivity contribution >= 4 is 0 Å². The zero-order valence-corrected chi connectivity index (χ0v) is 10.8. The molecule has 0 aliphatic heterocycles. The first kappa shape index (κ1) is 17.3. The lowest BCUT2D eigenvalue weighted by molar-refractivity contribution is 0.0597. The van der Waals surface area contributed by atoms with Gasteiger partial charge in [-0.15, -0.1) is 0 Å². The second-order valence-corrected chi connectivity index (χ2v) is 4.69. The normalized spacial score (nSPS) is 14.8. The Hall–Kier alpha value is -0.120. The van der Waals surface area contributed by atoms with Crippen molar-refractivity contribution in [2.45, 2.75) is 59.7 Å². The van der Waals surface area contributed by atoms with E-state index >= 15 is 0 Å². The highest BCUT2D eigenvalue weighted by molar-refractivity contribution is 4.55. The van der Waals surface area contributed by atoms with Gasteiger partial charge in [-0.25, -0.2) is 0 Å². The van der Waals surface area contributed by atoms with Crippen molar-refractivity contribution in [1.82, 2.24) is 0 Å². The van der Waals surface area contributed by atoms with Gasteiger partial charge in [0.15, 0.2) is 0 Å². The van der Waals surface area contributed by atoms with Crippen LogP contribution in [0.4, 0.5) is 0 Å². The number of aliphatic hydroxyl groups excluding tert-OH is 3. The molecule has 0 aliphatic rings. The second-order valence-electron chi connectivity index (χ2n) is 4.69.